The van der Waals surface area contributed by atoms with Crippen molar-refractivity contribution in [3.05, 3.63) is 48.1 Å². The lowest BCUT2D eigenvalue weighted by atomic mass is 9.97. The molecule has 2 aromatic rings. The standard InChI is InChI=1S/C20H27F2N5O/c1-25(2)9-4-11-26-12-8-23-19(26)15-5-3-10-27(14-15)20(28)24-16-6-7-17(21)18(22)13-16/h6-8,12-13,15H,3-5,9-11,14H2,1-2H3,(H,24,28). The summed E-state index contributed by atoms with van der Waals surface area (Å²) in [5.41, 5.74) is 0.246. The lowest BCUT2D eigenvalue weighted by molar-refractivity contribution is 0.190. The minimum absolute atomic E-state index is 0.166. The molecule has 0 bridgehead atoms. The number of imidazole rings is 1. The predicted octanol–water partition coefficient (Wildman–Crippen LogP) is 3.52. The zero-order valence-corrected chi connectivity index (χ0v) is 16.4. The summed E-state index contributed by atoms with van der Waals surface area (Å²) in [5, 5.41) is 2.65. The minimum atomic E-state index is -0.978. The number of nitrogens with zero attached hydrogens (tertiary/aromatic N) is 4. The van der Waals surface area contributed by atoms with Crippen LogP contribution in [0, 0.1) is 11.6 Å². The van der Waals surface area contributed by atoms with Crippen molar-refractivity contribution in [2.45, 2.75) is 31.7 Å². The van der Waals surface area contributed by atoms with Gasteiger partial charge in [0.05, 0.1) is 0 Å². The van der Waals surface area contributed by atoms with Crippen LogP contribution in [0.15, 0.2) is 30.6 Å². The van der Waals surface area contributed by atoms with Crippen LogP contribution >= 0.6 is 0 Å². The Hall–Kier alpha value is -2.48. The molecule has 0 spiro atoms. The average Bonchev–Trinajstić information content (AvgIpc) is 3.13. The van der Waals surface area contributed by atoms with E-state index in [1.165, 1.54) is 6.07 Å². The summed E-state index contributed by atoms with van der Waals surface area (Å²) in [7, 11) is 4.11. The Kier molecular flexibility index (Phi) is 6.61. The molecule has 152 valence electrons. The van der Waals surface area contributed by atoms with Crippen molar-refractivity contribution in [1.29, 1.82) is 0 Å². The van der Waals surface area contributed by atoms with Crippen molar-refractivity contribution in [2.75, 3.05) is 39.0 Å². The number of hydrogen-bond donors (Lipinski definition) is 1. The number of aryl methyl sites for hydroxylation is 1. The van der Waals surface area contributed by atoms with Crippen LogP contribution in [0.25, 0.3) is 0 Å². The molecule has 0 aliphatic carbocycles. The van der Waals surface area contributed by atoms with Crippen molar-refractivity contribution in [1.82, 2.24) is 19.4 Å². The van der Waals surface area contributed by atoms with Gasteiger partial charge in [0.2, 0.25) is 0 Å². The molecule has 28 heavy (non-hydrogen) atoms. The first kappa shape index (κ1) is 20.3. The fraction of sp³-hybridized carbons (Fsp3) is 0.500. The quantitative estimate of drug-likeness (QED) is 0.820. The highest BCUT2D eigenvalue weighted by Gasteiger charge is 2.27. The Labute approximate surface area is 164 Å². The van der Waals surface area contributed by atoms with Gasteiger partial charge in [-0.2, -0.15) is 0 Å². The van der Waals surface area contributed by atoms with E-state index in [2.05, 4.69) is 33.9 Å². The second-order valence-electron chi connectivity index (χ2n) is 7.48. The van der Waals surface area contributed by atoms with E-state index in [9.17, 15) is 13.6 Å². The number of carbonyl (C=O) groups excluding carboxylic acids is 1. The average molecular weight is 391 g/mol. The Bertz CT molecular complexity index is 808. The molecular weight excluding hydrogens is 364 g/mol. The molecule has 1 atom stereocenters. The third-order valence-electron chi connectivity index (χ3n) is 5.00. The molecule has 1 aliphatic heterocycles. The molecule has 1 aliphatic rings. The Morgan fingerprint density at radius 3 is 2.89 bits per heavy atom. The van der Waals surface area contributed by atoms with Crippen LogP contribution in [-0.2, 0) is 6.54 Å². The molecule has 1 unspecified atom stereocenters. The smallest absolute Gasteiger partial charge is 0.321 e. The lowest BCUT2D eigenvalue weighted by Crippen LogP contribution is -2.42. The van der Waals surface area contributed by atoms with Crippen molar-refractivity contribution in [3.8, 4) is 0 Å². The Morgan fingerprint density at radius 1 is 1.32 bits per heavy atom. The fourth-order valence-electron chi connectivity index (χ4n) is 3.58. The highest BCUT2D eigenvalue weighted by atomic mass is 19.2. The van der Waals surface area contributed by atoms with Crippen LogP contribution in [0.5, 0.6) is 0 Å². The first-order valence-corrected chi connectivity index (χ1v) is 9.61. The SMILES string of the molecule is CN(C)CCCn1ccnc1C1CCCN(C(=O)Nc2ccc(F)c(F)c2)C1. The van der Waals surface area contributed by atoms with Crippen LogP contribution in [-0.4, -0.2) is 59.1 Å². The number of hydrogen-bond acceptors (Lipinski definition) is 3. The second kappa shape index (κ2) is 9.14. The van der Waals surface area contributed by atoms with Gasteiger partial charge in [-0.3, -0.25) is 0 Å². The van der Waals surface area contributed by atoms with Gasteiger partial charge >= 0.3 is 6.03 Å². The molecular formula is C20H27F2N5O. The number of urea groups is 1. The highest BCUT2D eigenvalue weighted by Crippen LogP contribution is 2.26. The van der Waals surface area contributed by atoms with E-state index in [0.717, 1.165) is 50.3 Å². The van der Waals surface area contributed by atoms with Gasteiger partial charge in [-0.1, -0.05) is 0 Å². The molecule has 1 aromatic heterocycles. The number of anilines is 1. The molecule has 3 rings (SSSR count). The summed E-state index contributed by atoms with van der Waals surface area (Å²) in [5.74, 6) is -0.742. The van der Waals surface area contributed by atoms with Gasteiger partial charge in [-0.25, -0.2) is 18.6 Å². The van der Waals surface area contributed by atoms with E-state index in [-0.39, 0.29) is 17.6 Å². The molecule has 2 heterocycles. The third-order valence-corrected chi connectivity index (χ3v) is 5.00. The van der Waals surface area contributed by atoms with E-state index in [1.807, 2.05) is 12.4 Å². The van der Waals surface area contributed by atoms with Crippen LogP contribution < -0.4 is 5.32 Å². The van der Waals surface area contributed by atoms with Crippen molar-refractivity contribution >= 4 is 11.7 Å². The summed E-state index contributed by atoms with van der Waals surface area (Å²) in [6.45, 7) is 3.09. The number of aromatic nitrogens is 2. The summed E-state index contributed by atoms with van der Waals surface area (Å²) in [4.78, 5) is 21.0. The number of piperidine rings is 1. The van der Waals surface area contributed by atoms with Crippen LogP contribution in [0.4, 0.5) is 19.3 Å². The summed E-state index contributed by atoms with van der Waals surface area (Å²) in [6.07, 6.45) is 6.68. The van der Waals surface area contributed by atoms with Crippen molar-refractivity contribution in [2.24, 2.45) is 0 Å². The second-order valence-corrected chi connectivity index (χ2v) is 7.48. The number of likely N-dealkylation sites (tertiary alicyclic amines) is 1. The molecule has 1 saturated heterocycles. The van der Waals surface area contributed by atoms with E-state index >= 15 is 0 Å². The molecule has 1 fully saturated rings. The van der Waals surface area contributed by atoms with Crippen molar-refractivity contribution in [3.63, 3.8) is 0 Å². The lowest BCUT2D eigenvalue weighted by Gasteiger charge is -2.32. The largest absolute Gasteiger partial charge is 0.335 e. The highest BCUT2D eigenvalue weighted by molar-refractivity contribution is 5.89. The predicted molar refractivity (Wildman–Crippen MR) is 104 cm³/mol. The number of nitrogens with one attached hydrogen (secondary N) is 1. The van der Waals surface area contributed by atoms with E-state index in [1.54, 1.807) is 4.90 Å². The van der Waals surface area contributed by atoms with E-state index in [4.69, 9.17) is 0 Å². The molecule has 0 radical (unpaired) electrons. The summed E-state index contributed by atoms with van der Waals surface area (Å²) >= 11 is 0. The summed E-state index contributed by atoms with van der Waals surface area (Å²) < 4.78 is 28.6. The summed E-state index contributed by atoms with van der Waals surface area (Å²) in [6, 6.07) is 3.05. The van der Waals surface area contributed by atoms with Crippen LogP contribution in [0.3, 0.4) is 0 Å². The molecule has 8 heteroatoms. The number of amides is 2. The normalized spacial score (nSPS) is 17.2. The maximum atomic E-state index is 13.4. The van der Waals surface area contributed by atoms with Gasteiger partial charge in [-0.05, 0) is 52.0 Å². The first-order valence-electron chi connectivity index (χ1n) is 9.61. The number of halogens is 2. The molecule has 6 nitrogen and oxygen atoms in total. The third kappa shape index (κ3) is 5.07. The fourth-order valence-corrected chi connectivity index (χ4v) is 3.58. The van der Waals surface area contributed by atoms with Crippen LogP contribution in [0.1, 0.15) is 31.0 Å². The molecule has 2 amide bonds. The first-order chi connectivity index (χ1) is 13.4. The molecule has 0 saturated carbocycles. The minimum Gasteiger partial charge on any atom is -0.335 e. The van der Waals surface area contributed by atoms with Crippen molar-refractivity contribution < 1.29 is 13.6 Å². The van der Waals surface area contributed by atoms with Gasteiger partial charge < -0.3 is 19.7 Å². The number of carbonyl (C=O) groups is 1. The van der Waals surface area contributed by atoms with Gasteiger partial charge in [0.1, 0.15) is 5.82 Å². The Morgan fingerprint density at radius 2 is 2.14 bits per heavy atom. The molecule has 1 aromatic carbocycles. The maximum Gasteiger partial charge on any atom is 0.321 e. The van der Waals surface area contributed by atoms with Gasteiger partial charge in [0.25, 0.3) is 0 Å². The van der Waals surface area contributed by atoms with E-state index in [0.29, 0.717) is 13.1 Å². The Balaban J connectivity index is 1.61. The number of rotatable bonds is 6. The zero-order valence-electron chi connectivity index (χ0n) is 16.4. The topological polar surface area (TPSA) is 53.4 Å². The van der Waals surface area contributed by atoms with E-state index < -0.39 is 11.6 Å². The molecule has 1 N–H and O–H groups in total. The van der Waals surface area contributed by atoms with Gasteiger partial charge in [-0.15, -0.1) is 0 Å². The van der Waals surface area contributed by atoms with Gasteiger partial charge in [0.15, 0.2) is 11.6 Å². The monoisotopic (exact) mass is 391 g/mol. The zero-order chi connectivity index (χ0) is 20.1. The van der Waals surface area contributed by atoms with Crippen LogP contribution in [0.2, 0.25) is 0 Å². The number of benzene rings is 1. The maximum absolute atomic E-state index is 13.4. The van der Waals surface area contributed by atoms with Gasteiger partial charge in [0, 0.05) is 49.7 Å².